The van der Waals surface area contributed by atoms with Crippen molar-refractivity contribution in [1.82, 2.24) is 4.98 Å². The molecule has 0 unspecified atom stereocenters. The van der Waals surface area contributed by atoms with Crippen LogP contribution in [0.2, 0.25) is 0 Å². The van der Waals surface area contributed by atoms with Crippen LogP contribution in [0.3, 0.4) is 0 Å². The van der Waals surface area contributed by atoms with Crippen LogP contribution in [0.5, 0.6) is 5.75 Å². The number of halogens is 6. The zero-order chi connectivity index (χ0) is 13.2. The Morgan fingerprint density at radius 2 is 2.00 bits per heavy atom. The minimum Gasteiger partial charge on any atom is -0.404 e. The first-order valence-electron chi connectivity index (χ1n) is 4.08. The first kappa shape index (κ1) is 14.4. The number of alkyl halides is 5. The molecule has 0 saturated carbocycles. The van der Waals surface area contributed by atoms with Crippen molar-refractivity contribution in [2.24, 2.45) is 0 Å². The molecule has 3 nitrogen and oxygen atoms in total. The SMILES string of the molecule is OCc1c(I)ncc(OC(F)(F)F)c1C(F)F. The van der Waals surface area contributed by atoms with Crippen molar-refractivity contribution < 1.29 is 31.8 Å². The number of aromatic nitrogens is 1. The van der Waals surface area contributed by atoms with Gasteiger partial charge in [-0.1, -0.05) is 0 Å². The maximum atomic E-state index is 12.6. The van der Waals surface area contributed by atoms with Gasteiger partial charge in [-0.2, -0.15) is 0 Å². The molecule has 0 atom stereocenters. The van der Waals surface area contributed by atoms with Crippen molar-refractivity contribution in [3.63, 3.8) is 0 Å². The van der Waals surface area contributed by atoms with Gasteiger partial charge in [-0.25, -0.2) is 13.8 Å². The number of nitrogens with zero attached hydrogens (tertiary/aromatic N) is 1. The number of hydrogen-bond acceptors (Lipinski definition) is 3. The first-order valence-corrected chi connectivity index (χ1v) is 5.16. The second-order valence-electron chi connectivity index (χ2n) is 2.81. The lowest BCUT2D eigenvalue weighted by molar-refractivity contribution is -0.275. The quantitative estimate of drug-likeness (QED) is 0.506. The van der Waals surface area contributed by atoms with Gasteiger partial charge >= 0.3 is 6.36 Å². The highest BCUT2D eigenvalue weighted by Gasteiger charge is 2.34. The Balaban J connectivity index is 3.30. The van der Waals surface area contributed by atoms with Gasteiger partial charge in [0.2, 0.25) is 0 Å². The lowest BCUT2D eigenvalue weighted by Crippen LogP contribution is -2.19. The number of rotatable bonds is 3. The number of aliphatic hydroxyl groups is 1. The number of hydrogen-bond donors (Lipinski definition) is 1. The maximum absolute atomic E-state index is 12.6. The molecule has 1 rings (SSSR count). The average Bonchev–Trinajstić information content (AvgIpc) is 2.17. The summed E-state index contributed by atoms with van der Waals surface area (Å²) < 4.78 is 64.6. The van der Waals surface area contributed by atoms with Crippen molar-refractivity contribution in [3.05, 3.63) is 21.0 Å². The fourth-order valence-corrected chi connectivity index (χ4v) is 1.72. The van der Waals surface area contributed by atoms with Crippen molar-refractivity contribution in [1.29, 1.82) is 0 Å². The van der Waals surface area contributed by atoms with Crippen molar-refractivity contribution >= 4 is 22.6 Å². The van der Waals surface area contributed by atoms with E-state index in [1.807, 2.05) is 0 Å². The van der Waals surface area contributed by atoms with Crippen molar-refractivity contribution in [2.45, 2.75) is 19.4 Å². The summed E-state index contributed by atoms with van der Waals surface area (Å²) in [7, 11) is 0. The standard InChI is InChI=1S/C8H5F5INO2/c9-6(10)5-3(2-16)7(14)15-1-4(5)17-8(11,12)13/h1,6,16H,2H2. The summed E-state index contributed by atoms with van der Waals surface area (Å²) in [6, 6.07) is 0. The Bertz CT molecular complexity index is 410. The van der Waals surface area contributed by atoms with E-state index in [1.54, 1.807) is 0 Å². The van der Waals surface area contributed by atoms with Gasteiger partial charge in [0, 0.05) is 5.56 Å². The summed E-state index contributed by atoms with van der Waals surface area (Å²) in [5.41, 5.74) is -1.37. The molecule has 0 bridgehead atoms. The number of ether oxygens (including phenoxy) is 1. The minimum absolute atomic E-state index is 0.00470. The van der Waals surface area contributed by atoms with Gasteiger partial charge in [0.15, 0.2) is 5.75 Å². The van der Waals surface area contributed by atoms with Crippen LogP contribution < -0.4 is 4.74 Å². The Hall–Kier alpha value is -0.710. The second-order valence-corrected chi connectivity index (χ2v) is 3.83. The molecule has 0 aliphatic rings. The van der Waals surface area contributed by atoms with E-state index in [4.69, 9.17) is 5.11 Å². The number of aliphatic hydroxyl groups excluding tert-OH is 1. The van der Waals surface area contributed by atoms with Gasteiger partial charge in [-0.15, -0.1) is 13.2 Å². The van der Waals surface area contributed by atoms with E-state index < -0.39 is 30.7 Å². The zero-order valence-corrected chi connectivity index (χ0v) is 10.1. The smallest absolute Gasteiger partial charge is 0.404 e. The van der Waals surface area contributed by atoms with Crippen LogP contribution in [0.15, 0.2) is 6.20 Å². The Morgan fingerprint density at radius 3 is 2.41 bits per heavy atom. The molecule has 0 saturated heterocycles. The average molecular weight is 369 g/mol. The largest absolute Gasteiger partial charge is 0.573 e. The predicted molar refractivity (Wildman–Crippen MR) is 54.5 cm³/mol. The van der Waals surface area contributed by atoms with E-state index in [1.165, 1.54) is 22.6 Å². The van der Waals surface area contributed by atoms with Gasteiger partial charge in [0.1, 0.15) is 3.70 Å². The summed E-state index contributed by atoms with van der Waals surface area (Å²) in [5.74, 6) is -1.10. The summed E-state index contributed by atoms with van der Waals surface area (Å²) in [4.78, 5) is 3.45. The summed E-state index contributed by atoms with van der Waals surface area (Å²) >= 11 is 1.53. The maximum Gasteiger partial charge on any atom is 0.573 e. The second kappa shape index (κ2) is 5.29. The highest BCUT2D eigenvalue weighted by atomic mass is 127. The predicted octanol–water partition coefficient (Wildman–Crippen LogP) is 3.01. The van der Waals surface area contributed by atoms with E-state index in [9.17, 15) is 22.0 Å². The number of pyridine rings is 1. The van der Waals surface area contributed by atoms with Gasteiger partial charge in [-0.3, -0.25) is 0 Å². The molecule has 1 heterocycles. The molecule has 1 N–H and O–H groups in total. The van der Waals surface area contributed by atoms with Crippen LogP contribution in [0.1, 0.15) is 17.6 Å². The highest BCUT2D eigenvalue weighted by molar-refractivity contribution is 14.1. The first-order chi connectivity index (χ1) is 7.76. The molecule has 96 valence electrons. The lowest BCUT2D eigenvalue weighted by Gasteiger charge is -2.15. The molecule has 0 spiro atoms. The molecular weight excluding hydrogens is 364 g/mol. The van der Waals surface area contributed by atoms with Crippen LogP contribution in [-0.4, -0.2) is 16.5 Å². The third-order valence-electron chi connectivity index (χ3n) is 1.74. The third kappa shape index (κ3) is 3.63. The summed E-state index contributed by atoms with van der Waals surface area (Å²) in [6.45, 7) is -0.847. The van der Waals surface area contributed by atoms with E-state index in [0.29, 0.717) is 6.20 Å². The van der Waals surface area contributed by atoms with E-state index >= 15 is 0 Å². The van der Waals surface area contributed by atoms with E-state index in [-0.39, 0.29) is 9.26 Å². The molecule has 17 heavy (non-hydrogen) atoms. The van der Waals surface area contributed by atoms with Gasteiger partial charge < -0.3 is 9.84 Å². The fraction of sp³-hybridized carbons (Fsp3) is 0.375. The zero-order valence-electron chi connectivity index (χ0n) is 7.93. The van der Waals surface area contributed by atoms with Crippen LogP contribution in [-0.2, 0) is 6.61 Å². The van der Waals surface area contributed by atoms with Gasteiger partial charge in [-0.05, 0) is 22.6 Å². The van der Waals surface area contributed by atoms with Crippen LogP contribution >= 0.6 is 22.6 Å². The molecule has 0 aromatic carbocycles. The molecule has 0 radical (unpaired) electrons. The Morgan fingerprint density at radius 1 is 1.41 bits per heavy atom. The monoisotopic (exact) mass is 369 g/mol. The Labute approximate surface area is 106 Å². The third-order valence-corrected chi connectivity index (χ3v) is 2.67. The topological polar surface area (TPSA) is 42.4 Å². The molecular formula is C8H5F5INO2. The molecule has 0 amide bonds. The lowest BCUT2D eigenvalue weighted by atomic mass is 10.1. The van der Waals surface area contributed by atoms with E-state index in [2.05, 4.69) is 9.72 Å². The summed E-state index contributed by atoms with van der Waals surface area (Å²) in [5, 5.41) is 8.86. The minimum atomic E-state index is -5.09. The molecule has 0 aliphatic heterocycles. The summed E-state index contributed by atoms with van der Waals surface area (Å²) in [6.07, 6.45) is -7.74. The van der Waals surface area contributed by atoms with Gasteiger partial charge in [0.25, 0.3) is 6.43 Å². The van der Waals surface area contributed by atoms with Crippen LogP contribution in [0.4, 0.5) is 22.0 Å². The normalized spacial score (nSPS) is 12.0. The van der Waals surface area contributed by atoms with Crippen LogP contribution in [0, 0.1) is 3.70 Å². The van der Waals surface area contributed by atoms with Crippen molar-refractivity contribution in [2.75, 3.05) is 0 Å². The van der Waals surface area contributed by atoms with Crippen LogP contribution in [0.25, 0.3) is 0 Å². The molecule has 1 aromatic rings. The Kier molecular flexibility index (Phi) is 4.47. The van der Waals surface area contributed by atoms with Crippen molar-refractivity contribution in [3.8, 4) is 5.75 Å². The molecule has 0 aliphatic carbocycles. The fourth-order valence-electron chi connectivity index (χ4n) is 1.12. The molecule has 0 fully saturated rings. The molecule has 9 heteroatoms. The van der Waals surface area contributed by atoms with E-state index in [0.717, 1.165) is 0 Å². The van der Waals surface area contributed by atoms with Gasteiger partial charge in [0.05, 0.1) is 18.4 Å². The molecule has 1 aromatic heterocycles. The highest BCUT2D eigenvalue weighted by Crippen LogP contribution is 2.36.